The summed E-state index contributed by atoms with van der Waals surface area (Å²) in [5.41, 5.74) is 18.4. The van der Waals surface area contributed by atoms with E-state index < -0.39 is 0 Å². The largest absolute Gasteiger partial charge is 0.456 e. The second-order valence-corrected chi connectivity index (χ2v) is 16.5. The smallest absolute Gasteiger partial charge is 0.137 e. The molecule has 0 bridgehead atoms. The van der Waals surface area contributed by atoms with Gasteiger partial charge in [0.05, 0.1) is 27.8 Å². The lowest BCUT2D eigenvalue weighted by Gasteiger charge is -2.29. The number of rotatable bonds is 6. The zero-order chi connectivity index (χ0) is 40.0. The van der Waals surface area contributed by atoms with Crippen LogP contribution in [0.25, 0.3) is 82.8 Å². The molecule has 0 atom stereocenters. The Bertz CT molecular complexity index is 3460. The predicted octanol–water partition coefficient (Wildman–Crippen LogP) is 15.8. The molecule has 12 rings (SSSR count). The van der Waals surface area contributed by atoms with Crippen molar-refractivity contribution in [2.45, 2.75) is 19.3 Å². The van der Waals surface area contributed by atoms with Crippen LogP contribution in [0.4, 0.5) is 17.1 Å². The molecule has 0 fully saturated rings. The van der Waals surface area contributed by atoms with Gasteiger partial charge in [0.2, 0.25) is 0 Å². The third kappa shape index (κ3) is 5.15. The number of aromatic nitrogens is 1. The van der Waals surface area contributed by atoms with Gasteiger partial charge in [0.25, 0.3) is 0 Å². The van der Waals surface area contributed by atoms with Crippen molar-refractivity contribution < 1.29 is 4.42 Å². The molecule has 11 aromatic rings. The molecule has 0 aliphatic heterocycles. The summed E-state index contributed by atoms with van der Waals surface area (Å²) < 4.78 is 9.10. The number of fused-ring (bicyclic) bond motifs is 9. The third-order valence-corrected chi connectivity index (χ3v) is 12.8. The monoisotopic (exact) mass is 768 g/mol. The first kappa shape index (κ1) is 34.4. The number of furan rings is 1. The van der Waals surface area contributed by atoms with Gasteiger partial charge in [-0.1, -0.05) is 147 Å². The van der Waals surface area contributed by atoms with Gasteiger partial charge in [-0.05, 0) is 112 Å². The highest BCUT2D eigenvalue weighted by Crippen LogP contribution is 2.55. The van der Waals surface area contributed by atoms with E-state index in [1.54, 1.807) is 0 Å². The maximum Gasteiger partial charge on any atom is 0.137 e. The summed E-state index contributed by atoms with van der Waals surface area (Å²) in [6.07, 6.45) is 0. The van der Waals surface area contributed by atoms with Crippen molar-refractivity contribution in [3.63, 3.8) is 0 Å². The molecular weight excluding hydrogens is 729 g/mol. The van der Waals surface area contributed by atoms with Gasteiger partial charge in [0, 0.05) is 38.5 Å². The quantitative estimate of drug-likeness (QED) is 0.168. The molecule has 0 radical (unpaired) electrons. The van der Waals surface area contributed by atoms with Crippen molar-refractivity contribution >= 4 is 60.8 Å². The van der Waals surface area contributed by atoms with Crippen molar-refractivity contribution in [2.24, 2.45) is 0 Å². The average molecular weight is 769 g/mol. The standard InChI is InChI=1S/C57H40N2O/c1-57(2)47-24-11-9-23-44(47)55-48(57)25-14-27-51(55)59(42-21-13-18-38(34-42)37-16-5-3-6-17-37)52-28-15-29-54-56(52)46-36-40(31-33-53(46)60-54)39-30-32-50-45(35-39)43-22-10-12-26-49(43)58(50)41-19-7-4-8-20-41/h3-36H,1-2H3. The number of benzene rings is 9. The van der Waals surface area contributed by atoms with Gasteiger partial charge in [-0.15, -0.1) is 0 Å². The molecule has 3 nitrogen and oxygen atoms in total. The fourth-order valence-electron chi connectivity index (χ4n) is 9.97. The van der Waals surface area contributed by atoms with Crippen molar-refractivity contribution in [3.05, 3.63) is 217 Å². The summed E-state index contributed by atoms with van der Waals surface area (Å²) in [6, 6.07) is 74.8. The first-order chi connectivity index (χ1) is 29.5. The van der Waals surface area contributed by atoms with Gasteiger partial charge >= 0.3 is 0 Å². The van der Waals surface area contributed by atoms with E-state index in [2.05, 4.69) is 230 Å². The topological polar surface area (TPSA) is 21.3 Å². The van der Waals surface area contributed by atoms with Gasteiger partial charge in [0.1, 0.15) is 11.2 Å². The molecule has 0 amide bonds. The highest BCUT2D eigenvalue weighted by atomic mass is 16.3. The van der Waals surface area contributed by atoms with Crippen LogP contribution in [-0.4, -0.2) is 4.57 Å². The second-order valence-electron chi connectivity index (χ2n) is 16.5. The lowest BCUT2D eigenvalue weighted by molar-refractivity contribution is 0.660. The molecule has 9 aromatic carbocycles. The number of hydrogen-bond acceptors (Lipinski definition) is 2. The van der Waals surface area contributed by atoms with Crippen molar-refractivity contribution in [3.8, 4) is 39.1 Å². The minimum Gasteiger partial charge on any atom is -0.456 e. The van der Waals surface area contributed by atoms with E-state index in [0.29, 0.717) is 0 Å². The minimum atomic E-state index is -0.142. The van der Waals surface area contributed by atoms with Gasteiger partial charge in [-0.25, -0.2) is 0 Å². The molecule has 0 saturated heterocycles. The number of hydrogen-bond donors (Lipinski definition) is 0. The van der Waals surface area contributed by atoms with Gasteiger partial charge in [-0.2, -0.15) is 0 Å². The van der Waals surface area contributed by atoms with Crippen LogP contribution in [0.1, 0.15) is 25.0 Å². The Morgan fingerprint density at radius 2 is 1.07 bits per heavy atom. The fourth-order valence-corrected chi connectivity index (χ4v) is 9.97. The van der Waals surface area contributed by atoms with E-state index in [0.717, 1.165) is 50.3 Å². The van der Waals surface area contributed by atoms with E-state index in [9.17, 15) is 0 Å². The summed E-state index contributed by atoms with van der Waals surface area (Å²) in [6.45, 7) is 4.70. The molecule has 0 unspecified atom stereocenters. The van der Waals surface area contributed by atoms with Crippen LogP contribution in [-0.2, 0) is 5.41 Å². The molecule has 1 aliphatic rings. The number of nitrogens with zero attached hydrogens (tertiary/aromatic N) is 2. The van der Waals surface area contributed by atoms with Crippen LogP contribution in [0, 0.1) is 0 Å². The molecule has 2 heterocycles. The molecule has 1 aliphatic carbocycles. The average Bonchev–Trinajstić information content (AvgIpc) is 3.93. The van der Waals surface area contributed by atoms with Crippen LogP contribution >= 0.6 is 0 Å². The van der Waals surface area contributed by atoms with Crippen LogP contribution in [0.15, 0.2) is 211 Å². The van der Waals surface area contributed by atoms with Gasteiger partial charge in [-0.3, -0.25) is 0 Å². The highest BCUT2D eigenvalue weighted by Gasteiger charge is 2.38. The maximum absolute atomic E-state index is 6.73. The Labute approximate surface area is 349 Å². The van der Waals surface area contributed by atoms with Crippen LogP contribution < -0.4 is 4.90 Å². The lowest BCUT2D eigenvalue weighted by Crippen LogP contribution is -2.16. The fraction of sp³-hybridized carbons (Fsp3) is 0.0526. The van der Waals surface area contributed by atoms with Gasteiger partial charge < -0.3 is 13.9 Å². The third-order valence-electron chi connectivity index (χ3n) is 12.8. The van der Waals surface area contributed by atoms with E-state index in [1.807, 2.05) is 0 Å². The van der Waals surface area contributed by atoms with E-state index in [4.69, 9.17) is 4.42 Å². The van der Waals surface area contributed by atoms with Crippen LogP contribution in [0.5, 0.6) is 0 Å². The normalized spacial score (nSPS) is 13.0. The second kappa shape index (κ2) is 13.2. The van der Waals surface area contributed by atoms with Crippen LogP contribution in [0.3, 0.4) is 0 Å². The van der Waals surface area contributed by atoms with Crippen LogP contribution in [0.2, 0.25) is 0 Å². The summed E-state index contributed by atoms with van der Waals surface area (Å²) in [4.78, 5) is 2.47. The highest BCUT2D eigenvalue weighted by molar-refractivity contribution is 6.16. The Morgan fingerprint density at radius 3 is 1.93 bits per heavy atom. The first-order valence-corrected chi connectivity index (χ1v) is 20.8. The molecule has 2 aromatic heterocycles. The summed E-state index contributed by atoms with van der Waals surface area (Å²) >= 11 is 0. The molecular formula is C57H40N2O. The van der Waals surface area contributed by atoms with Crippen molar-refractivity contribution in [1.82, 2.24) is 4.57 Å². The molecule has 0 spiro atoms. The molecule has 284 valence electrons. The van der Waals surface area contributed by atoms with Crippen molar-refractivity contribution in [1.29, 1.82) is 0 Å². The SMILES string of the molecule is CC1(C)c2ccccc2-c2c(N(c3cccc(-c4ccccc4)c3)c3cccc4oc5ccc(-c6ccc7c(c6)c6ccccc6n7-c6ccccc6)cc5c34)cccc21. The molecule has 60 heavy (non-hydrogen) atoms. The lowest BCUT2D eigenvalue weighted by atomic mass is 9.82. The molecule has 3 heteroatoms. The zero-order valence-electron chi connectivity index (χ0n) is 33.4. The predicted molar refractivity (Wildman–Crippen MR) is 251 cm³/mol. The Morgan fingerprint density at radius 1 is 0.433 bits per heavy atom. The summed E-state index contributed by atoms with van der Waals surface area (Å²) in [5.74, 6) is 0. The van der Waals surface area contributed by atoms with E-state index in [-0.39, 0.29) is 5.41 Å². The van der Waals surface area contributed by atoms with Crippen molar-refractivity contribution in [2.75, 3.05) is 4.90 Å². The van der Waals surface area contributed by atoms with E-state index in [1.165, 1.54) is 60.8 Å². The molecule has 0 N–H and O–H groups in total. The molecule has 0 saturated carbocycles. The Kier molecular flexibility index (Phi) is 7.58. The van der Waals surface area contributed by atoms with E-state index >= 15 is 0 Å². The summed E-state index contributed by atoms with van der Waals surface area (Å²) in [5, 5.41) is 4.64. The summed E-state index contributed by atoms with van der Waals surface area (Å²) in [7, 11) is 0. The Hall–Kier alpha value is -7.62. The minimum absolute atomic E-state index is 0.142. The first-order valence-electron chi connectivity index (χ1n) is 20.8. The Balaban J connectivity index is 1.09. The number of anilines is 3. The van der Waals surface area contributed by atoms with Gasteiger partial charge in [0.15, 0.2) is 0 Å². The maximum atomic E-state index is 6.73. The number of para-hydroxylation sites is 2. The zero-order valence-corrected chi connectivity index (χ0v) is 33.4.